The fourth-order valence-electron chi connectivity index (χ4n) is 3.67. The quantitative estimate of drug-likeness (QED) is 0.270. The molecule has 1 aromatic carbocycles. The van der Waals surface area contributed by atoms with Gasteiger partial charge < -0.3 is 29.6 Å². The summed E-state index contributed by atoms with van der Waals surface area (Å²) in [7, 11) is 6.62. The van der Waals surface area contributed by atoms with Crippen molar-refractivity contribution in [3.05, 3.63) is 40.1 Å². The summed E-state index contributed by atoms with van der Waals surface area (Å²) in [6.07, 6.45) is 0. The zero-order chi connectivity index (χ0) is 22.1. The molecule has 2 aromatic rings. The Balaban J connectivity index is 0.00000363. The Morgan fingerprint density at radius 2 is 1.84 bits per heavy atom. The van der Waals surface area contributed by atoms with Crippen molar-refractivity contribution in [2.24, 2.45) is 4.99 Å². The molecule has 0 radical (unpaired) electrons. The highest BCUT2D eigenvalue weighted by molar-refractivity contribution is 14.0. The summed E-state index contributed by atoms with van der Waals surface area (Å²) in [6.45, 7) is 4.69. The van der Waals surface area contributed by atoms with Crippen molar-refractivity contribution in [2.45, 2.75) is 12.6 Å². The van der Waals surface area contributed by atoms with Gasteiger partial charge in [0.1, 0.15) is 0 Å². The molecule has 178 valence electrons. The molecular formula is C22H33IN4O4S. The molecule has 0 aliphatic carbocycles. The van der Waals surface area contributed by atoms with E-state index >= 15 is 0 Å². The van der Waals surface area contributed by atoms with Crippen LogP contribution in [0, 0.1) is 0 Å². The Morgan fingerprint density at radius 3 is 2.44 bits per heavy atom. The monoisotopic (exact) mass is 576 g/mol. The van der Waals surface area contributed by atoms with Gasteiger partial charge in [0.2, 0.25) is 5.75 Å². The van der Waals surface area contributed by atoms with Crippen molar-refractivity contribution >= 4 is 41.3 Å². The van der Waals surface area contributed by atoms with Crippen LogP contribution in [0.15, 0.2) is 34.6 Å². The van der Waals surface area contributed by atoms with Crippen LogP contribution in [0.2, 0.25) is 0 Å². The first-order chi connectivity index (χ1) is 15.2. The largest absolute Gasteiger partial charge is 0.493 e. The van der Waals surface area contributed by atoms with Gasteiger partial charge in [-0.1, -0.05) is 6.07 Å². The summed E-state index contributed by atoms with van der Waals surface area (Å²) in [6, 6.07) is 8.40. The second-order valence-corrected chi connectivity index (χ2v) is 7.96. The number of hydrogen-bond acceptors (Lipinski definition) is 7. The van der Waals surface area contributed by atoms with Crippen molar-refractivity contribution in [2.75, 3.05) is 61.2 Å². The van der Waals surface area contributed by atoms with E-state index in [4.69, 9.17) is 18.9 Å². The summed E-state index contributed by atoms with van der Waals surface area (Å²) in [5.74, 6) is 2.59. The number of nitrogens with one attached hydrogen (secondary N) is 2. The number of thiophene rings is 1. The number of rotatable bonds is 9. The Labute approximate surface area is 211 Å². The SMILES string of the molecule is CN=C(NCc1ccc(OC)c(OC)c1OC)NCC(c1cccs1)N1CCOCC1.I. The number of aliphatic imine (C=N–C) groups is 1. The number of benzene rings is 1. The normalized spacial score (nSPS) is 15.4. The topological polar surface area (TPSA) is 76.6 Å². The third-order valence-corrected chi connectivity index (χ3v) is 6.25. The molecule has 0 bridgehead atoms. The molecule has 1 unspecified atom stereocenters. The summed E-state index contributed by atoms with van der Waals surface area (Å²) >= 11 is 1.78. The molecule has 1 aromatic heterocycles. The van der Waals surface area contributed by atoms with Crippen LogP contribution in [-0.2, 0) is 11.3 Å². The third-order valence-electron chi connectivity index (χ3n) is 5.28. The summed E-state index contributed by atoms with van der Waals surface area (Å²) in [5, 5.41) is 8.98. The number of morpholine rings is 1. The number of methoxy groups -OCH3 is 3. The van der Waals surface area contributed by atoms with Gasteiger partial charge >= 0.3 is 0 Å². The van der Waals surface area contributed by atoms with Crippen LogP contribution >= 0.6 is 35.3 Å². The van der Waals surface area contributed by atoms with E-state index in [9.17, 15) is 0 Å². The van der Waals surface area contributed by atoms with Crippen LogP contribution in [0.4, 0.5) is 0 Å². The Kier molecular flexibility index (Phi) is 11.4. The molecule has 1 saturated heterocycles. The summed E-state index contributed by atoms with van der Waals surface area (Å²) in [5.41, 5.74) is 0.950. The third kappa shape index (κ3) is 6.63. The number of nitrogens with zero attached hydrogens (tertiary/aromatic N) is 2. The highest BCUT2D eigenvalue weighted by Gasteiger charge is 2.24. The van der Waals surface area contributed by atoms with Crippen molar-refractivity contribution in [1.82, 2.24) is 15.5 Å². The maximum atomic E-state index is 5.58. The van der Waals surface area contributed by atoms with Crippen LogP contribution < -0.4 is 24.8 Å². The molecule has 1 atom stereocenters. The van der Waals surface area contributed by atoms with Crippen LogP contribution in [0.25, 0.3) is 0 Å². The van der Waals surface area contributed by atoms with Crippen molar-refractivity contribution in [3.63, 3.8) is 0 Å². The number of halogens is 1. The Hall–Kier alpha value is -1.76. The minimum atomic E-state index is 0. The van der Waals surface area contributed by atoms with Crippen LogP contribution in [0.5, 0.6) is 17.2 Å². The molecule has 8 nitrogen and oxygen atoms in total. The minimum absolute atomic E-state index is 0. The van der Waals surface area contributed by atoms with Crippen LogP contribution in [0.1, 0.15) is 16.5 Å². The average molecular weight is 577 g/mol. The van der Waals surface area contributed by atoms with Gasteiger partial charge in [-0.2, -0.15) is 0 Å². The number of guanidine groups is 1. The maximum Gasteiger partial charge on any atom is 0.203 e. The second kappa shape index (κ2) is 13.7. The standard InChI is InChI=1S/C22H32N4O4S.HI/c1-23-22(24-14-16-7-8-18(27-2)21(29-4)20(16)28-3)25-15-17(19-6-5-13-31-19)26-9-11-30-12-10-26;/h5-8,13,17H,9-12,14-15H2,1-4H3,(H2,23,24,25);1H. The van der Waals surface area contributed by atoms with Crippen molar-refractivity contribution in [1.29, 1.82) is 0 Å². The Bertz CT molecular complexity index is 845. The van der Waals surface area contributed by atoms with Gasteiger partial charge in [0.15, 0.2) is 17.5 Å². The average Bonchev–Trinajstić information content (AvgIpc) is 3.35. The molecule has 2 heterocycles. The lowest BCUT2D eigenvalue weighted by Crippen LogP contribution is -2.46. The van der Waals surface area contributed by atoms with E-state index in [1.165, 1.54) is 4.88 Å². The lowest BCUT2D eigenvalue weighted by atomic mass is 10.1. The van der Waals surface area contributed by atoms with Gasteiger partial charge in [-0.3, -0.25) is 9.89 Å². The molecule has 2 N–H and O–H groups in total. The van der Waals surface area contributed by atoms with Gasteiger partial charge in [-0.05, 0) is 23.6 Å². The van der Waals surface area contributed by atoms with E-state index in [-0.39, 0.29) is 30.0 Å². The van der Waals surface area contributed by atoms with E-state index in [0.717, 1.165) is 44.4 Å². The molecule has 3 rings (SSSR count). The molecule has 1 fully saturated rings. The first-order valence-corrected chi connectivity index (χ1v) is 11.2. The van der Waals surface area contributed by atoms with Gasteiger partial charge in [-0.25, -0.2) is 0 Å². The first kappa shape index (κ1) is 26.5. The highest BCUT2D eigenvalue weighted by atomic mass is 127. The summed E-state index contributed by atoms with van der Waals surface area (Å²) < 4.78 is 22.0. The van der Waals surface area contributed by atoms with Gasteiger partial charge in [0.05, 0.1) is 40.6 Å². The molecule has 0 saturated carbocycles. The Morgan fingerprint density at radius 1 is 1.09 bits per heavy atom. The second-order valence-electron chi connectivity index (χ2n) is 6.98. The molecule has 1 aliphatic rings. The number of hydrogen-bond donors (Lipinski definition) is 2. The molecular weight excluding hydrogens is 543 g/mol. The predicted octanol–water partition coefficient (Wildman–Crippen LogP) is 3.13. The van der Waals surface area contributed by atoms with E-state index in [2.05, 4.69) is 38.0 Å². The van der Waals surface area contributed by atoms with Gasteiger partial charge in [0, 0.05) is 43.7 Å². The fraction of sp³-hybridized carbons (Fsp3) is 0.500. The zero-order valence-electron chi connectivity index (χ0n) is 19.1. The van der Waals surface area contributed by atoms with Crippen molar-refractivity contribution < 1.29 is 18.9 Å². The van der Waals surface area contributed by atoms with Crippen LogP contribution in [-0.4, -0.2) is 72.1 Å². The lowest BCUT2D eigenvalue weighted by Gasteiger charge is -2.34. The minimum Gasteiger partial charge on any atom is -0.493 e. The van der Waals surface area contributed by atoms with Gasteiger partial charge in [-0.15, -0.1) is 35.3 Å². The van der Waals surface area contributed by atoms with Crippen molar-refractivity contribution in [3.8, 4) is 17.2 Å². The van der Waals surface area contributed by atoms with E-state index in [0.29, 0.717) is 23.8 Å². The fourth-order valence-corrected chi connectivity index (χ4v) is 4.54. The highest BCUT2D eigenvalue weighted by Crippen LogP contribution is 2.39. The molecule has 32 heavy (non-hydrogen) atoms. The maximum absolute atomic E-state index is 5.58. The smallest absolute Gasteiger partial charge is 0.203 e. The van der Waals surface area contributed by atoms with E-state index in [1.54, 1.807) is 39.7 Å². The van der Waals surface area contributed by atoms with Crippen LogP contribution in [0.3, 0.4) is 0 Å². The predicted molar refractivity (Wildman–Crippen MR) is 139 cm³/mol. The summed E-state index contributed by atoms with van der Waals surface area (Å²) in [4.78, 5) is 8.20. The zero-order valence-corrected chi connectivity index (χ0v) is 22.2. The lowest BCUT2D eigenvalue weighted by molar-refractivity contribution is 0.0177. The number of ether oxygens (including phenoxy) is 4. The van der Waals surface area contributed by atoms with E-state index in [1.807, 2.05) is 12.1 Å². The molecule has 0 amide bonds. The van der Waals surface area contributed by atoms with E-state index < -0.39 is 0 Å². The first-order valence-electron chi connectivity index (χ1n) is 10.3. The van der Waals surface area contributed by atoms with Gasteiger partial charge in [0.25, 0.3) is 0 Å². The molecule has 0 spiro atoms. The molecule has 10 heteroatoms. The molecule has 1 aliphatic heterocycles.